The third-order valence-corrected chi connectivity index (χ3v) is 4.48. The first-order chi connectivity index (χ1) is 10.5. The van der Waals surface area contributed by atoms with Crippen LogP contribution in [0.4, 0.5) is 0 Å². The molecule has 0 radical (unpaired) electrons. The van der Waals surface area contributed by atoms with Gasteiger partial charge in [0.25, 0.3) is 0 Å². The van der Waals surface area contributed by atoms with E-state index in [2.05, 4.69) is 15.6 Å². The first-order valence-electron chi connectivity index (χ1n) is 7.37. The molecule has 0 saturated carbocycles. The molecule has 3 heterocycles. The molecule has 1 saturated heterocycles. The second-order valence-corrected chi connectivity index (χ2v) is 5.84. The van der Waals surface area contributed by atoms with Crippen molar-refractivity contribution in [1.82, 2.24) is 25.2 Å². The Balaban J connectivity index is 1.86. The molecule has 2 atom stereocenters. The molecule has 1 aliphatic rings. The van der Waals surface area contributed by atoms with Crippen molar-refractivity contribution in [2.24, 2.45) is 7.05 Å². The van der Waals surface area contributed by atoms with Crippen LogP contribution in [0.15, 0.2) is 16.9 Å². The van der Waals surface area contributed by atoms with E-state index in [9.17, 15) is 4.79 Å². The third-order valence-electron chi connectivity index (χ3n) is 4.48. The summed E-state index contributed by atoms with van der Waals surface area (Å²) < 4.78 is 6.72. The Morgan fingerprint density at radius 3 is 2.77 bits per heavy atom. The topological polar surface area (TPSA) is 76.2 Å². The van der Waals surface area contributed by atoms with E-state index >= 15 is 0 Å². The van der Waals surface area contributed by atoms with Crippen LogP contribution in [0.1, 0.15) is 35.1 Å². The number of nitrogens with one attached hydrogen (secondary N) is 1. The van der Waals surface area contributed by atoms with Crippen LogP contribution in [0.2, 0.25) is 0 Å². The fourth-order valence-corrected chi connectivity index (χ4v) is 3.23. The van der Waals surface area contributed by atoms with Gasteiger partial charge >= 0.3 is 0 Å². The van der Waals surface area contributed by atoms with Crippen LogP contribution in [-0.2, 0) is 18.4 Å². The molecular weight excluding hydrogens is 282 g/mol. The summed E-state index contributed by atoms with van der Waals surface area (Å²) in [6.07, 6.45) is 2.03. The van der Waals surface area contributed by atoms with E-state index in [-0.39, 0.29) is 18.0 Å². The van der Waals surface area contributed by atoms with Crippen molar-refractivity contribution in [2.75, 3.05) is 7.05 Å². The van der Waals surface area contributed by atoms with Crippen molar-refractivity contribution in [3.8, 4) is 0 Å². The first-order valence-corrected chi connectivity index (χ1v) is 7.37. The van der Waals surface area contributed by atoms with Gasteiger partial charge in [-0.1, -0.05) is 5.16 Å². The summed E-state index contributed by atoms with van der Waals surface area (Å²) in [6.45, 7) is 4.62. The van der Waals surface area contributed by atoms with E-state index in [4.69, 9.17) is 4.52 Å². The van der Waals surface area contributed by atoms with Gasteiger partial charge in [-0.05, 0) is 13.8 Å². The lowest BCUT2D eigenvalue weighted by Gasteiger charge is -2.26. The minimum absolute atomic E-state index is 0.00639. The van der Waals surface area contributed by atoms with Crippen LogP contribution in [0.3, 0.4) is 0 Å². The SMILES string of the molecule is Cc1nn(C)c(C)c1[C@H]1[C@H](NCc2ccon2)CC(=O)N1C. The predicted octanol–water partition coefficient (Wildman–Crippen LogP) is 1.09. The molecule has 1 N–H and O–H groups in total. The largest absolute Gasteiger partial charge is 0.364 e. The van der Waals surface area contributed by atoms with Gasteiger partial charge in [0, 0.05) is 50.4 Å². The van der Waals surface area contributed by atoms with Gasteiger partial charge in [-0.25, -0.2) is 0 Å². The summed E-state index contributed by atoms with van der Waals surface area (Å²) in [5, 5.41) is 11.8. The molecular formula is C15H21N5O2. The summed E-state index contributed by atoms with van der Waals surface area (Å²) in [5.74, 6) is 0.144. The maximum absolute atomic E-state index is 12.2. The molecule has 2 aromatic rings. The highest BCUT2D eigenvalue weighted by molar-refractivity contribution is 5.80. The Bertz CT molecular complexity index is 676. The van der Waals surface area contributed by atoms with E-state index in [0.29, 0.717) is 13.0 Å². The second kappa shape index (κ2) is 5.57. The van der Waals surface area contributed by atoms with Crippen molar-refractivity contribution < 1.29 is 9.32 Å². The van der Waals surface area contributed by atoms with Crippen LogP contribution in [-0.4, -0.2) is 38.8 Å². The average molecular weight is 303 g/mol. The number of likely N-dealkylation sites (tertiary alicyclic amines) is 1. The van der Waals surface area contributed by atoms with Crippen molar-refractivity contribution in [3.63, 3.8) is 0 Å². The van der Waals surface area contributed by atoms with Crippen molar-refractivity contribution in [3.05, 3.63) is 35.0 Å². The molecule has 2 aromatic heterocycles. The van der Waals surface area contributed by atoms with Gasteiger partial charge in [0.1, 0.15) is 6.26 Å². The van der Waals surface area contributed by atoms with Crippen molar-refractivity contribution >= 4 is 5.91 Å². The van der Waals surface area contributed by atoms with Crippen LogP contribution in [0, 0.1) is 13.8 Å². The Hall–Kier alpha value is -2.15. The molecule has 118 valence electrons. The highest BCUT2D eigenvalue weighted by Crippen LogP contribution is 2.35. The number of carbonyl (C=O) groups is 1. The molecule has 7 nitrogen and oxygen atoms in total. The van der Waals surface area contributed by atoms with Gasteiger partial charge in [0.15, 0.2) is 0 Å². The Morgan fingerprint density at radius 2 is 2.18 bits per heavy atom. The molecule has 1 amide bonds. The van der Waals surface area contributed by atoms with E-state index in [1.165, 1.54) is 0 Å². The second-order valence-electron chi connectivity index (χ2n) is 5.84. The maximum Gasteiger partial charge on any atom is 0.224 e. The summed E-state index contributed by atoms with van der Waals surface area (Å²) in [4.78, 5) is 14.0. The molecule has 0 aromatic carbocycles. The minimum atomic E-state index is -0.00639. The highest BCUT2D eigenvalue weighted by Gasteiger charge is 2.40. The highest BCUT2D eigenvalue weighted by atomic mass is 16.5. The molecule has 3 rings (SSSR count). The van der Waals surface area contributed by atoms with Gasteiger partial charge < -0.3 is 14.7 Å². The summed E-state index contributed by atoms with van der Waals surface area (Å²) in [7, 11) is 3.79. The third kappa shape index (κ3) is 2.41. The lowest BCUT2D eigenvalue weighted by atomic mass is 9.98. The van der Waals surface area contributed by atoms with E-state index in [1.807, 2.05) is 43.6 Å². The van der Waals surface area contributed by atoms with Crippen LogP contribution >= 0.6 is 0 Å². The summed E-state index contributed by atoms with van der Waals surface area (Å²) in [6, 6.07) is 1.85. The summed E-state index contributed by atoms with van der Waals surface area (Å²) >= 11 is 0. The molecule has 1 fully saturated rings. The lowest BCUT2D eigenvalue weighted by molar-refractivity contribution is -0.127. The van der Waals surface area contributed by atoms with Crippen LogP contribution in [0.25, 0.3) is 0 Å². The molecule has 0 aliphatic carbocycles. The maximum atomic E-state index is 12.2. The molecule has 22 heavy (non-hydrogen) atoms. The van der Waals surface area contributed by atoms with Gasteiger partial charge in [-0.15, -0.1) is 0 Å². The number of hydrogen-bond acceptors (Lipinski definition) is 5. The monoisotopic (exact) mass is 303 g/mol. The fraction of sp³-hybridized carbons (Fsp3) is 0.533. The number of likely N-dealkylation sites (N-methyl/N-ethyl adjacent to an activating group) is 1. The van der Waals surface area contributed by atoms with Gasteiger partial charge in [-0.3, -0.25) is 9.48 Å². The minimum Gasteiger partial charge on any atom is -0.364 e. The first kappa shape index (κ1) is 14.8. The number of hydrogen-bond donors (Lipinski definition) is 1. The quantitative estimate of drug-likeness (QED) is 0.915. The zero-order chi connectivity index (χ0) is 15.9. The summed E-state index contributed by atoms with van der Waals surface area (Å²) in [5.41, 5.74) is 4.03. The lowest BCUT2D eigenvalue weighted by Crippen LogP contribution is -2.35. The van der Waals surface area contributed by atoms with Crippen LogP contribution in [0.5, 0.6) is 0 Å². The normalized spacial score (nSPS) is 21.8. The van der Waals surface area contributed by atoms with Crippen molar-refractivity contribution in [2.45, 2.75) is 38.9 Å². The standard InChI is InChI=1S/C15H21N5O2/c1-9-14(10(2)20(4)17-9)15-12(7-13(21)19(15)3)16-8-11-5-6-22-18-11/h5-6,12,15-16H,7-8H2,1-4H3/t12-,15-/m1/s1. The Morgan fingerprint density at radius 1 is 1.41 bits per heavy atom. The van der Waals surface area contributed by atoms with Gasteiger partial charge in [0.2, 0.25) is 5.91 Å². The zero-order valence-electron chi connectivity index (χ0n) is 13.3. The molecule has 0 spiro atoms. The number of aryl methyl sites for hydroxylation is 2. The Labute approximate surface area is 129 Å². The molecule has 0 unspecified atom stereocenters. The molecule has 1 aliphatic heterocycles. The van der Waals surface area contributed by atoms with E-state index in [1.54, 1.807) is 6.26 Å². The molecule has 0 bridgehead atoms. The van der Waals surface area contributed by atoms with E-state index in [0.717, 1.165) is 22.6 Å². The number of aromatic nitrogens is 3. The number of carbonyl (C=O) groups excluding carboxylic acids is 1. The number of rotatable bonds is 4. The van der Waals surface area contributed by atoms with E-state index < -0.39 is 0 Å². The number of nitrogens with zero attached hydrogens (tertiary/aromatic N) is 4. The molecule has 7 heteroatoms. The Kier molecular flexibility index (Phi) is 3.74. The zero-order valence-corrected chi connectivity index (χ0v) is 13.3. The number of amides is 1. The predicted molar refractivity (Wildman–Crippen MR) is 79.9 cm³/mol. The van der Waals surface area contributed by atoms with Crippen LogP contribution < -0.4 is 5.32 Å². The van der Waals surface area contributed by atoms with Crippen molar-refractivity contribution in [1.29, 1.82) is 0 Å². The smallest absolute Gasteiger partial charge is 0.224 e. The fourth-order valence-electron chi connectivity index (χ4n) is 3.23. The van der Waals surface area contributed by atoms with Gasteiger partial charge in [-0.2, -0.15) is 5.10 Å². The average Bonchev–Trinajstić information content (AvgIpc) is 3.14. The van der Waals surface area contributed by atoms with Gasteiger partial charge in [0.05, 0.1) is 17.4 Å².